The van der Waals surface area contributed by atoms with Gasteiger partial charge in [0.25, 0.3) is 0 Å². The van der Waals surface area contributed by atoms with E-state index in [0.29, 0.717) is 6.42 Å². The maximum atomic E-state index is 12.3. The lowest BCUT2D eigenvalue weighted by atomic mass is 10.1. The molecule has 1 heterocycles. The largest absolute Gasteiger partial charge is 0.477 e. The molecule has 110 valence electrons. The average molecular weight is 323 g/mol. The number of thiophene rings is 1. The van der Waals surface area contributed by atoms with Crippen molar-refractivity contribution in [2.24, 2.45) is 0 Å². The SMILES string of the molecule is O=C(O)c1cc(S(=O)(=O)NC2CCc3ccccc32)cs1. The molecule has 0 radical (unpaired) electrons. The second-order valence-electron chi connectivity index (χ2n) is 4.86. The summed E-state index contributed by atoms with van der Waals surface area (Å²) in [4.78, 5) is 10.9. The first-order valence-corrected chi connectivity index (χ1v) is 8.75. The molecule has 3 rings (SSSR count). The van der Waals surface area contributed by atoms with Crippen molar-refractivity contribution in [2.45, 2.75) is 23.8 Å². The predicted molar refractivity (Wildman–Crippen MR) is 79.1 cm³/mol. The Hall–Kier alpha value is -1.70. The van der Waals surface area contributed by atoms with Gasteiger partial charge in [0.2, 0.25) is 10.0 Å². The van der Waals surface area contributed by atoms with Crippen molar-refractivity contribution in [2.75, 3.05) is 0 Å². The number of carbonyl (C=O) groups is 1. The van der Waals surface area contributed by atoms with Crippen LogP contribution in [0.5, 0.6) is 0 Å². The highest BCUT2D eigenvalue weighted by Crippen LogP contribution is 2.32. The van der Waals surface area contributed by atoms with Gasteiger partial charge < -0.3 is 5.11 Å². The van der Waals surface area contributed by atoms with Gasteiger partial charge in [-0.1, -0.05) is 24.3 Å². The predicted octanol–water partition coefficient (Wildman–Crippen LogP) is 2.41. The van der Waals surface area contributed by atoms with E-state index in [2.05, 4.69) is 4.72 Å². The summed E-state index contributed by atoms with van der Waals surface area (Å²) < 4.78 is 27.3. The molecule has 0 bridgehead atoms. The van der Waals surface area contributed by atoms with Crippen LogP contribution in [-0.4, -0.2) is 19.5 Å². The number of aryl methyl sites for hydroxylation is 1. The van der Waals surface area contributed by atoms with E-state index in [4.69, 9.17) is 5.11 Å². The zero-order valence-corrected chi connectivity index (χ0v) is 12.6. The van der Waals surface area contributed by atoms with Crippen LogP contribution in [-0.2, 0) is 16.4 Å². The van der Waals surface area contributed by atoms with Crippen LogP contribution in [0.1, 0.15) is 33.3 Å². The Morgan fingerprint density at radius 1 is 1.33 bits per heavy atom. The fourth-order valence-corrected chi connectivity index (χ4v) is 4.87. The zero-order valence-electron chi connectivity index (χ0n) is 10.9. The fourth-order valence-electron chi connectivity index (χ4n) is 2.51. The Morgan fingerprint density at radius 3 is 2.81 bits per heavy atom. The number of hydrogen-bond donors (Lipinski definition) is 2. The molecule has 0 amide bonds. The number of benzene rings is 1. The Morgan fingerprint density at radius 2 is 2.10 bits per heavy atom. The van der Waals surface area contributed by atoms with Gasteiger partial charge in [-0.05, 0) is 30.0 Å². The van der Waals surface area contributed by atoms with Crippen molar-refractivity contribution in [3.05, 3.63) is 51.7 Å². The van der Waals surface area contributed by atoms with Crippen LogP contribution < -0.4 is 4.72 Å². The summed E-state index contributed by atoms with van der Waals surface area (Å²) in [6, 6.07) is 8.69. The Kier molecular flexibility index (Phi) is 3.56. The third-order valence-electron chi connectivity index (χ3n) is 3.53. The van der Waals surface area contributed by atoms with Crippen LogP contribution in [0.25, 0.3) is 0 Å². The highest BCUT2D eigenvalue weighted by atomic mass is 32.2. The summed E-state index contributed by atoms with van der Waals surface area (Å²) in [5.74, 6) is -1.12. The first-order valence-electron chi connectivity index (χ1n) is 6.39. The summed E-state index contributed by atoms with van der Waals surface area (Å²) in [6.07, 6.45) is 1.56. The molecule has 0 saturated carbocycles. The van der Waals surface area contributed by atoms with Crippen molar-refractivity contribution < 1.29 is 18.3 Å². The van der Waals surface area contributed by atoms with E-state index in [1.54, 1.807) is 0 Å². The molecule has 1 aromatic heterocycles. The first-order chi connectivity index (χ1) is 9.97. The summed E-state index contributed by atoms with van der Waals surface area (Å²) in [5.41, 5.74) is 2.15. The maximum absolute atomic E-state index is 12.3. The molecule has 2 aromatic rings. The molecule has 0 saturated heterocycles. The van der Waals surface area contributed by atoms with Crippen LogP contribution in [0.2, 0.25) is 0 Å². The summed E-state index contributed by atoms with van der Waals surface area (Å²) >= 11 is 0.909. The van der Waals surface area contributed by atoms with E-state index in [9.17, 15) is 13.2 Å². The number of rotatable bonds is 4. The van der Waals surface area contributed by atoms with Gasteiger partial charge in [0.05, 0.1) is 4.90 Å². The lowest BCUT2D eigenvalue weighted by Gasteiger charge is -2.13. The maximum Gasteiger partial charge on any atom is 0.345 e. The van der Waals surface area contributed by atoms with Gasteiger partial charge in [0.15, 0.2) is 0 Å². The third kappa shape index (κ3) is 2.72. The number of hydrogen-bond acceptors (Lipinski definition) is 4. The van der Waals surface area contributed by atoms with Crippen LogP contribution in [0, 0.1) is 0 Å². The Labute approximate surface area is 126 Å². The van der Waals surface area contributed by atoms with E-state index in [1.165, 1.54) is 11.4 Å². The second kappa shape index (κ2) is 5.25. The number of fused-ring (bicyclic) bond motifs is 1. The van der Waals surface area contributed by atoms with Crippen LogP contribution in [0.3, 0.4) is 0 Å². The Balaban J connectivity index is 1.85. The number of nitrogens with one attached hydrogen (secondary N) is 1. The molecule has 5 nitrogen and oxygen atoms in total. The molecule has 2 N–H and O–H groups in total. The minimum absolute atomic E-state index is 0.00859. The van der Waals surface area contributed by atoms with E-state index in [1.807, 2.05) is 24.3 Å². The number of carboxylic acids is 1. The molecule has 1 aliphatic carbocycles. The lowest BCUT2D eigenvalue weighted by Crippen LogP contribution is -2.27. The van der Waals surface area contributed by atoms with Gasteiger partial charge >= 0.3 is 5.97 Å². The molecule has 7 heteroatoms. The van der Waals surface area contributed by atoms with Gasteiger partial charge in [0.1, 0.15) is 4.88 Å². The molecule has 0 fully saturated rings. The van der Waals surface area contributed by atoms with Gasteiger partial charge in [-0.25, -0.2) is 17.9 Å². The average Bonchev–Trinajstić information content (AvgIpc) is 3.06. The topological polar surface area (TPSA) is 83.5 Å². The summed E-state index contributed by atoms with van der Waals surface area (Å²) in [6.45, 7) is 0. The first kappa shape index (κ1) is 14.2. The quantitative estimate of drug-likeness (QED) is 0.905. The molecular weight excluding hydrogens is 310 g/mol. The van der Waals surface area contributed by atoms with Crippen LogP contribution >= 0.6 is 11.3 Å². The van der Waals surface area contributed by atoms with Crippen molar-refractivity contribution in [3.8, 4) is 0 Å². The molecule has 0 aliphatic heterocycles. The zero-order chi connectivity index (χ0) is 15.0. The normalized spacial score (nSPS) is 17.6. The number of carboxylic acid groups (broad SMARTS) is 1. The molecule has 1 atom stereocenters. The molecule has 1 unspecified atom stereocenters. The van der Waals surface area contributed by atoms with Crippen molar-refractivity contribution in [1.29, 1.82) is 0 Å². The van der Waals surface area contributed by atoms with Crippen molar-refractivity contribution in [1.82, 2.24) is 4.72 Å². The molecular formula is C14H13NO4S2. The molecule has 1 aromatic carbocycles. The smallest absolute Gasteiger partial charge is 0.345 e. The van der Waals surface area contributed by atoms with Gasteiger partial charge in [-0.2, -0.15) is 0 Å². The van der Waals surface area contributed by atoms with E-state index < -0.39 is 16.0 Å². The summed E-state index contributed by atoms with van der Waals surface area (Å²) in [7, 11) is -3.70. The number of aromatic carboxylic acids is 1. The minimum atomic E-state index is -3.70. The number of sulfonamides is 1. The molecule has 1 aliphatic rings. The van der Waals surface area contributed by atoms with Crippen molar-refractivity contribution in [3.63, 3.8) is 0 Å². The lowest BCUT2D eigenvalue weighted by molar-refractivity contribution is 0.0702. The Bertz CT molecular complexity index is 795. The van der Waals surface area contributed by atoms with Crippen LogP contribution in [0.4, 0.5) is 0 Å². The van der Waals surface area contributed by atoms with Gasteiger partial charge in [-0.15, -0.1) is 11.3 Å². The summed E-state index contributed by atoms with van der Waals surface area (Å²) in [5, 5.41) is 10.2. The van der Waals surface area contributed by atoms with Gasteiger partial charge in [0, 0.05) is 11.4 Å². The van der Waals surface area contributed by atoms with E-state index in [0.717, 1.165) is 28.9 Å². The molecule has 21 heavy (non-hydrogen) atoms. The minimum Gasteiger partial charge on any atom is -0.477 e. The highest BCUT2D eigenvalue weighted by molar-refractivity contribution is 7.89. The van der Waals surface area contributed by atoms with Crippen molar-refractivity contribution >= 4 is 27.3 Å². The fraction of sp³-hybridized carbons (Fsp3) is 0.214. The van der Waals surface area contributed by atoms with E-state index >= 15 is 0 Å². The van der Waals surface area contributed by atoms with Gasteiger partial charge in [-0.3, -0.25) is 0 Å². The van der Waals surface area contributed by atoms with E-state index in [-0.39, 0.29) is 15.8 Å². The highest BCUT2D eigenvalue weighted by Gasteiger charge is 2.28. The second-order valence-corrected chi connectivity index (χ2v) is 7.49. The monoisotopic (exact) mass is 323 g/mol. The molecule has 0 spiro atoms. The third-order valence-corrected chi connectivity index (χ3v) is 6.05. The standard InChI is InChI=1S/C14H13NO4S2/c16-14(17)13-7-10(8-20-13)21(18,19)15-12-6-5-9-3-1-2-4-11(9)12/h1-4,7-8,12,15H,5-6H2,(H,16,17). The van der Waals surface area contributed by atoms with Crippen LogP contribution in [0.15, 0.2) is 40.6 Å².